The molecule has 1 aromatic heterocycles. The first kappa shape index (κ1) is 19.8. The molecule has 2 aromatic rings. The Morgan fingerprint density at radius 3 is 2.39 bits per heavy atom. The van der Waals surface area contributed by atoms with Crippen LogP contribution in [0.25, 0.3) is 0 Å². The van der Waals surface area contributed by atoms with Gasteiger partial charge >= 0.3 is 11.8 Å². The Balaban J connectivity index is 1.62. The maximum absolute atomic E-state index is 11.8. The maximum atomic E-state index is 11.8. The largest absolute Gasteiger partial charge is 0.497 e. The molecule has 0 bridgehead atoms. The minimum absolute atomic E-state index is 0.123. The van der Waals surface area contributed by atoms with Gasteiger partial charge < -0.3 is 24.7 Å². The van der Waals surface area contributed by atoms with Crippen LogP contribution in [0, 0.1) is 0 Å². The zero-order valence-corrected chi connectivity index (χ0v) is 16.2. The summed E-state index contributed by atoms with van der Waals surface area (Å²) in [6.45, 7) is 3.64. The molecule has 8 heteroatoms. The molecular weight excluding hydrogens is 360 g/mol. The standard InChI is InChI=1S/C20H26N4O4/c1-21-19(25)20(26)22-14-17(18-4-3-13-28-18)24-11-9-23(10-12-24)15-5-7-16(27-2)8-6-15/h3-8,13,17H,9-12,14H2,1-2H3,(H,21,25)(H,22,26)/t17-/m0/s1. The third kappa shape index (κ3) is 4.64. The molecule has 1 fully saturated rings. The molecule has 0 saturated carbocycles. The van der Waals surface area contributed by atoms with Crippen molar-refractivity contribution in [1.82, 2.24) is 15.5 Å². The normalized spacial score (nSPS) is 15.7. The van der Waals surface area contributed by atoms with Gasteiger partial charge in [0, 0.05) is 45.5 Å². The van der Waals surface area contributed by atoms with Gasteiger partial charge in [-0.3, -0.25) is 14.5 Å². The van der Waals surface area contributed by atoms with Crippen LogP contribution < -0.4 is 20.3 Å². The van der Waals surface area contributed by atoms with Crippen molar-refractivity contribution in [2.45, 2.75) is 6.04 Å². The Hall–Kier alpha value is -3.00. The molecule has 0 unspecified atom stereocenters. The average molecular weight is 386 g/mol. The lowest BCUT2D eigenvalue weighted by atomic mass is 10.1. The lowest BCUT2D eigenvalue weighted by molar-refractivity contribution is -0.139. The van der Waals surface area contributed by atoms with Crippen molar-refractivity contribution < 1.29 is 18.7 Å². The zero-order valence-electron chi connectivity index (χ0n) is 16.2. The molecule has 2 heterocycles. The SMILES string of the molecule is CNC(=O)C(=O)NC[C@@H](c1ccco1)N1CCN(c2ccc(OC)cc2)CC1. The van der Waals surface area contributed by atoms with Crippen LogP contribution in [0.4, 0.5) is 5.69 Å². The highest BCUT2D eigenvalue weighted by Crippen LogP contribution is 2.25. The fourth-order valence-corrected chi connectivity index (χ4v) is 3.36. The van der Waals surface area contributed by atoms with Gasteiger partial charge in [0.2, 0.25) is 0 Å². The van der Waals surface area contributed by atoms with Crippen LogP contribution >= 0.6 is 0 Å². The Kier molecular flexibility index (Phi) is 6.54. The number of furan rings is 1. The summed E-state index contributed by atoms with van der Waals surface area (Å²) in [4.78, 5) is 27.9. The molecule has 1 saturated heterocycles. The molecule has 0 radical (unpaired) electrons. The predicted octanol–water partition coefficient (Wildman–Crippen LogP) is 1.01. The molecule has 28 heavy (non-hydrogen) atoms. The maximum Gasteiger partial charge on any atom is 0.309 e. The first-order valence-corrected chi connectivity index (χ1v) is 9.28. The number of amides is 2. The van der Waals surface area contributed by atoms with E-state index in [0.717, 1.165) is 43.4 Å². The summed E-state index contributed by atoms with van der Waals surface area (Å²) in [5.74, 6) is 0.320. The second kappa shape index (κ2) is 9.27. The number of nitrogens with zero attached hydrogens (tertiary/aromatic N) is 2. The number of carbonyl (C=O) groups excluding carboxylic acids is 2. The number of hydrogen-bond donors (Lipinski definition) is 2. The zero-order chi connectivity index (χ0) is 19.9. The molecule has 1 aromatic carbocycles. The molecule has 1 aliphatic rings. The Bertz CT molecular complexity index is 768. The molecule has 0 aliphatic carbocycles. The van der Waals surface area contributed by atoms with Gasteiger partial charge in [0.05, 0.1) is 19.4 Å². The molecule has 0 spiro atoms. The third-order valence-electron chi connectivity index (χ3n) is 4.95. The van der Waals surface area contributed by atoms with Crippen molar-refractivity contribution in [2.24, 2.45) is 0 Å². The number of carbonyl (C=O) groups is 2. The highest BCUT2D eigenvalue weighted by Gasteiger charge is 2.28. The highest BCUT2D eigenvalue weighted by molar-refractivity contribution is 6.35. The predicted molar refractivity (Wildman–Crippen MR) is 105 cm³/mol. The summed E-state index contributed by atoms with van der Waals surface area (Å²) in [5, 5.41) is 5.03. The summed E-state index contributed by atoms with van der Waals surface area (Å²) in [7, 11) is 3.09. The van der Waals surface area contributed by atoms with Crippen LogP contribution in [0.1, 0.15) is 11.8 Å². The van der Waals surface area contributed by atoms with Crippen molar-refractivity contribution in [3.8, 4) is 5.75 Å². The summed E-state index contributed by atoms with van der Waals surface area (Å²) < 4.78 is 10.8. The van der Waals surface area contributed by atoms with E-state index < -0.39 is 11.8 Å². The van der Waals surface area contributed by atoms with Crippen molar-refractivity contribution >= 4 is 17.5 Å². The van der Waals surface area contributed by atoms with E-state index in [1.54, 1.807) is 13.4 Å². The van der Waals surface area contributed by atoms with Gasteiger partial charge in [0.1, 0.15) is 11.5 Å². The molecular formula is C20H26N4O4. The minimum Gasteiger partial charge on any atom is -0.497 e. The van der Waals surface area contributed by atoms with E-state index in [-0.39, 0.29) is 6.04 Å². The number of hydrogen-bond acceptors (Lipinski definition) is 6. The smallest absolute Gasteiger partial charge is 0.309 e. The molecule has 3 rings (SSSR count). The number of rotatable bonds is 6. The summed E-state index contributed by atoms with van der Waals surface area (Å²) in [6, 6.07) is 11.6. The fraction of sp³-hybridized carbons (Fsp3) is 0.400. The Labute approximate surface area is 164 Å². The first-order valence-electron chi connectivity index (χ1n) is 9.28. The van der Waals surface area contributed by atoms with Gasteiger partial charge in [-0.1, -0.05) is 0 Å². The van der Waals surface area contributed by atoms with Crippen LogP contribution in [0.3, 0.4) is 0 Å². The monoisotopic (exact) mass is 386 g/mol. The quantitative estimate of drug-likeness (QED) is 0.721. The number of anilines is 1. The van der Waals surface area contributed by atoms with E-state index in [9.17, 15) is 9.59 Å². The van der Waals surface area contributed by atoms with Gasteiger partial charge in [0.15, 0.2) is 0 Å². The summed E-state index contributed by atoms with van der Waals surface area (Å²) >= 11 is 0. The number of methoxy groups -OCH3 is 1. The van der Waals surface area contributed by atoms with Crippen molar-refractivity contribution in [1.29, 1.82) is 0 Å². The Morgan fingerprint density at radius 2 is 1.82 bits per heavy atom. The van der Waals surface area contributed by atoms with Crippen LogP contribution in [0.2, 0.25) is 0 Å². The average Bonchev–Trinajstić information content (AvgIpc) is 3.28. The van der Waals surface area contributed by atoms with Gasteiger partial charge in [-0.2, -0.15) is 0 Å². The second-order valence-electron chi connectivity index (χ2n) is 6.54. The third-order valence-corrected chi connectivity index (χ3v) is 4.95. The molecule has 1 aliphatic heterocycles. The minimum atomic E-state index is -0.650. The van der Waals surface area contributed by atoms with E-state index in [1.165, 1.54) is 7.05 Å². The summed E-state index contributed by atoms with van der Waals surface area (Å²) in [6.07, 6.45) is 1.62. The van der Waals surface area contributed by atoms with E-state index in [2.05, 4.69) is 32.6 Å². The van der Waals surface area contributed by atoms with Crippen molar-refractivity contribution in [3.63, 3.8) is 0 Å². The molecule has 2 N–H and O–H groups in total. The molecule has 1 atom stereocenters. The van der Waals surface area contributed by atoms with E-state index in [0.29, 0.717) is 6.54 Å². The number of benzene rings is 1. The molecule has 2 amide bonds. The van der Waals surface area contributed by atoms with Crippen molar-refractivity contribution in [2.75, 3.05) is 51.8 Å². The lowest BCUT2D eigenvalue weighted by Gasteiger charge is -2.39. The van der Waals surface area contributed by atoms with E-state index >= 15 is 0 Å². The number of likely N-dealkylation sites (N-methyl/N-ethyl adjacent to an activating group) is 1. The summed E-state index contributed by atoms with van der Waals surface area (Å²) in [5.41, 5.74) is 1.16. The Morgan fingerprint density at radius 1 is 1.11 bits per heavy atom. The molecule has 150 valence electrons. The lowest BCUT2D eigenvalue weighted by Crippen LogP contribution is -2.50. The second-order valence-corrected chi connectivity index (χ2v) is 6.54. The van der Waals surface area contributed by atoms with Crippen LogP contribution in [0.15, 0.2) is 47.1 Å². The number of nitrogens with one attached hydrogen (secondary N) is 2. The van der Waals surface area contributed by atoms with Crippen LogP contribution in [-0.4, -0.2) is 63.6 Å². The van der Waals surface area contributed by atoms with Gasteiger partial charge in [-0.25, -0.2) is 0 Å². The number of ether oxygens (including phenoxy) is 1. The molecule has 8 nitrogen and oxygen atoms in total. The van der Waals surface area contributed by atoms with Gasteiger partial charge in [-0.15, -0.1) is 0 Å². The number of piperazine rings is 1. The highest BCUT2D eigenvalue weighted by atomic mass is 16.5. The topological polar surface area (TPSA) is 87.0 Å². The fourth-order valence-electron chi connectivity index (χ4n) is 3.36. The van der Waals surface area contributed by atoms with Crippen LogP contribution in [0.5, 0.6) is 5.75 Å². The van der Waals surface area contributed by atoms with Crippen molar-refractivity contribution in [3.05, 3.63) is 48.4 Å². The van der Waals surface area contributed by atoms with Crippen LogP contribution in [-0.2, 0) is 9.59 Å². The van der Waals surface area contributed by atoms with Gasteiger partial charge in [-0.05, 0) is 36.4 Å². The van der Waals surface area contributed by atoms with E-state index in [1.807, 2.05) is 24.3 Å². The van der Waals surface area contributed by atoms with E-state index in [4.69, 9.17) is 9.15 Å². The van der Waals surface area contributed by atoms with Gasteiger partial charge in [0.25, 0.3) is 0 Å². The first-order chi connectivity index (χ1) is 13.6.